The molecule has 0 heterocycles. The monoisotopic (exact) mass is 185 g/mol. The molecule has 0 aromatic heterocycles. The minimum absolute atomic E-state index is 0.550. The molecule has 1 aliphatic carbocycles. The van der Waals surface area contributed by atoms with Gasteiger partial charge in [-0.05, 0) is 18.8 Å². The molecule has 0 atom stereocenters. The van der Waals surface area contributed by atoms with Gasteiger partial charge in [-0.3, -0.25) is 4.79 Å². The maximum atomic E-state index is 10.9. The second-order valence-corrected chi connectivity index (χ2v) is 3.35. The number of carbonyl (C=O) groups is 2. The van der Waals surface area contributed by atoms with Gasteiger partial charge in [0.05, 0.1) is 7.11 Å². The van der Waals surface area contributed by atoms with Crippen molar-refractivity contribution in [3.05, 3.63) is 0 Å². The fourth-order valence-electron chi connectivity index (χ4n) is 1.62. The molecular formula is C9H15NO3. The Morgan fingerprint density at radius 3 is 2.54 bits per heavy atom. The van der Waals surface area contributed by atoms with Crippen molar-refractivity contribution in [3.8, 4) is 0 Å². The van der Waals surface area contributed by atoms with Crippen LogP contribution in [0.1, 0.15) is 25.7 Å². The minimum atomic E-state index is -0.807. The number of rotatable bonds is 2. The van der Waals surface area contributed by atoms with Gasteiger partial charge in [0.25, 0.3) is 0 Å². The fourth-order valence-corrected chi connectivity index (χ4v) is 1.62. The van der Waals surface area contributed by atoms with Crippen molar-refractivity contribution in [2.45, 2.75) is 25.7 Å². The maximum absolute atomic E-state index is 10.9. The number of hydrogen-bond donors (Lipinski definition) is 1. The van der Waals surface area contributed by atoms with Crippen LogP contribution < -0.4 is 5.32 Å². The molecule has 1 N–H and O–H groups in total. The van der Waals surface area contributed by atoms with Crippen LogP contribution in [0.4, 0.5) is 0 Å². The molecule has 4 nitrogen and oxygen atoms in total. The van der Waals surface area contributed by atoms with Crippen LogP contribution in [-0.4, -0.2) is 25.5 Å². The maximum Gasteiger partial charge on any atom is 0.396 e. The number of methoxy groups -OCH3 is 1. The zero-order chi connectivity index (χ0) is 9.68. The topological polar surface area (TPSA) is 55.4 Å². The first kappa shape index (κ1) is 10.0. The third-order valence-electron chi connectivity index (χ3n) is 2.40. The Kier molecular flexibility index (Phi) is 3.73. The lowest BCUT2D eigenvalue weighted by Gasteiger charge is -2.08. The molecule has 0 radical (unpaired) electrons. The summed E-state index contributed by atoms with van der Waals surface area (Å²) in [6, 6.07) is 0. The van der Waals surface area contributed by atoms with Crippen molar-refractivity contribution in [2.24, 2.45) is 5.92 Å². The Balaban J connectivity index is 2.17. The van der Waals surface area contributed by atoms with Crippen molar-refractivity contribution in [3.63, 3.8) is 0 Å². The van der Waals surface area contributed by atoms with E-state index in [-0.39, 0.29) is 0 Å². The Labute approximate surface area is 77.6 Å². The molecule has 0 bridgehead atoms. The highest BCUT2D eigenvalue weighted by Crippen LogP contribution is 2.23. The van der Waals surface area contributed by atoms with Gasteiger partial charge in [0.1, 0.15) is 0 Å². The number of ether oxygens (including phenoxy) is 1. The first-order chi connectivity index (χ1) is 6.24. The van der Waals surface area contributed by atoms with Crippen LogP contribution in [0.2, 0.25) is 0 Å². The van der Waals surface area contributed by atoms with Crippen LogP contribution in [0, 0.1) is 5.92 Å². The number of carbonyl (C=O) groups excluding carboxylic acids is 2. The summed E-state index contributed by atoms with van der Waals surface area (Å²) in [7, 11) is 1.21. The van der Waals surface area contributed by atoms with Gasteiger partial charge in [-0.1, -0.05) is 12.8 Å². The van der Waals surface area contributed by atoms with Crippen LogP contribution in [0.15, 0.2) is 0 Å². The molecule has 1 amide bonds. The summed E-state index contributed by atoms with van der Waals surface area (Å²) in [6.07, 6.45) is 4.78. The van der Waals surface area contributed by atoms with Crippen LogP contribution in [-0.2, 0) is 14.3 Å². The van der Waals surface area contributed by atoms with Gasteiger partial charge in [0, 0.05) is 6.54 Å². The summed E-state index contributed by atoms with van der Waals surface area (Å²) in [4.78, 5) is 21.6. The van der Waals surface area contributed by atoms with Crippen molar-refractivity contribution < 1.29 is 14.3 Å². The van der Waals surface area contributed by atoms with E-state index < -0.39 is 11.9 Å². The zero-order valence-electron chi connectivity index (χ0n) is 7.84. The van der Waals surface area contributed by atoms with Gasteiger partial charge < -0.3 is 10.1 Å². The molecular weight excluding hydrogens is 170 g/mol. The van der Waals surface area contributed by atoms with Gasteiger partial charge in [0.15, 0.2) is 0 Å². The van der Waals surface area contributed by atoms with Crippen molar-refractivity contribution in [2.75, 3.05) is 13.7 Å². The quantitative estimate of drug-likeness (QED) is 0.502. The van der Waals surface area contributed by atoms with Crippen molar-refractivity contribution in [1.29, 1.82) is 0 Å². The number of nitrogens with one attached hydrogen (secondary N) is 1. The molecule has 1 fully saturated rings. The SMILES string of the molecule is COC(=O)C(=O)NCC1CCCC1. The van der Waals surface area contributed by atoms with Gasteiger partial charge in [-0.2, -0.15) is 0 Å². The van der Waals surface area contributed by atoms with Crippen LogP contribution >= 0.6 is 0 Å². The van der Waals surface area contributed by atoms with Crippen molar-refractivity contribution >= 4 is 11.9 Å². The molecule has 0 aliphatic heterocycles. The normalized spacial score (nSPS) is 17.0. The van der Waals surface area contributed by atoms with Gasteiger partial charge >= 0.3 is 11.9 Å². The first-order valence-electron chi connectivity index (χ1n) is 4.60. The summed E-state index contributed by atoms with van der Waals surface area (Å²) in [5.41, 5.74) is 0. The van der Waals surface area contributed by atoms with E-state index in [0.29, 0.717) is 12.5 Å². The predicted octanol–water partition coefficient (Wildman–Crippen LogP) is 0.466. The van der Waals surface area contributed by atoms with Gasteiger partial charge in [-0.15, -0.1) is 0 Å². The van der Waals surface area contributed by atoms with E-state index in [1.54, 1.807) is 0 Å². The first-order valence-corrected chi connectivity index (χ1v) is 4.60. The summed E-state index contributed by atoms with van der Waals surface area (Å²) in [5.74, 6) is -0.888. The lowest BCUT2D eigenvalue weighted by atomic mass is 10.1. The van der Waals surface area contributed by atoms with E-state index in [2.05, 4.69) is 10.1 Å². The van der Waals surface area contributed by atoms with E-state index in [0.717, 1.165) is 12.8 Å². The molecule has 1 saturated carbocycles. The summed E-state index contributed by atoms with van der Waals surface area (Å²) in [6.45, 7) is 0.605. The molecule has 1 rings (SSSR count). The summed E-state index contributed by atoms with van der Waals surface area (Å²) < 4.78 is 4.28. The van der Waals surface area contributed by atoms with E-state index in [1.807, 2.05) is 0 Å². The van der Waals surface area contributed by atoms with E-state index >= 15 is 0 Å². The fraction of sp³-hybridized carbons (Fsp3) is 0.778. The van der Waals surface area contributed by atoms with Crippen LogP contribution in [0.3, 0.4) is 0 Å². The predicted molar refractivity (Wildman–Crippen MR) is 47.0 cm³/mol. The second kappa shape index (κ2) is 4.84. The molecule has 0 unspecified atom stereocenters. The van der Waals surface area contributed by atoms with Crippen LogP contribution in [0.25, 0.3) is 0 Å². The highest BCUT2D eigenvalue weighted by atomic mass is 16.5. The molecule has 0 aromatic rings. The Bertz CT molecular complexity index is 197. The van der Waals surface area contributed by atoms with Crippen molar-refractivity contribution in [1.82, 2.24) is 5.32 Å². The standard InChI is InChI=1S/C9H15NO3/c1-13-9(12)8(11)10-6-7-4-2-3-5-7/h7H,2-6H2,1H3,(H,10,11). The summed E-state index contributed by atoms with van der Waals surface area (Å²) >= 11 is 0. The van der Waals surface area contributed by atoms with E-state index in [4.69, 9.17) is 0 Å². The average molecular weight is 185 g/mol. The molecule has 4 heteroatoms. The molecule has 0 aromatic carbocycles. The average Bonchev–Trinajstić information content (AvgIpc) is 2.65. The molecule has 1 aliphatic rings. The largest absolute Gasteiger partial charge is 0.462 e. The van der Waals surface area contributed by atoms with Gasteiger partial charge in [-0.25, -0.2) is 4.79 Å². The Morgan fingerprint density at radius 1 is 1.38 bits per heavy atom. The second-order valence-electron chi connectivity index (χ2n) is 3.35. The smallest absolute Gasteiger partial charge is 0.396 e. The third-order valence-corrected chi connectivity index (χ3v) is 2.40. The molecule has 0 saturated heterocycles. The number of hydrogen-bond acceptors (Lipinski definition) is 3. The lowest BCUT2D eigenvalue weighted by Crippen LogP contribution is -2.34. The summed E-state index contributed by atoms with van der Waals surface area (Å²) in [5, 5.41) is 2.56. The third kappa shape index (κ3) is 3.05. The molecule has 13 heavy (non-hydrogen) atoms. The lowest BCUT2D eigenvalue weighted by molar-refractivity contribution is -0.152. The van der Waals surface area contributed by atoms with Gasteiger partial charge in [0.2, 0.25) is 0 Å². The molecule has 74 valence electrons. The minimum Gasteiger partial charge on any atom is -0.462 e. The zero-order valence-corrected chi connectivity index (χ0v) is 7.84. The highest BCUT2D eigenvalue weighted by molar-refractivity contribution is 6.32. The van der Waals surface area contributed by atoms with Crippen LogP contribution in [0.5, 0.6) is 0 Å². The highest BCUT2D eigenvalue weighted by Gasteiger charge is 2.18. The Morgan fingerprint density at radius 2 is 2.00 bits per heavy atom. The molecule has 0 spiro atoms. The number of amides is 1. The van der Waals surface area contributed by atoms with E-state index in [9.17, 15) is 9.59 Å². The Hall–Kier alpha value is -1.06. The number of esters is 1. The van der Waals surface area contributed by atoms with E-state index in [1.165, 1.54) is 20.0 Å².